The van der Waals surface area contributed by atoms with Crippen LogP contribution in [0, 0.1) is 11.8 Å². The second kappa shape index (κ2) is 5.12. The van der Waals surface area contributed by atoms with Crippen LogP contribution in [0.15, 0.2) is 41.6 Å². The minimum atomic E-state index is -1.50. The van der Waals surface area contributed by atoms with E-state index in [1.807, 2.05) is 0 Å². The van der Waals surface area contributed by atoms with Gasteiger partial charge in [-0.15, -0.1) is 0 Å². The van der Waals surface area contributed by atoms with Crippen molar-refractivity contribution in [2.75, 3.05) is 7.11 Å². The van der Waals surface area contributed by atoms with Crippen LogP contribution in [-0.4, -0.2) is 15.2 Å². The van der Waals surface area contributed by atoms with Gasteiger partial charge in [-0.05, 0) is 40.6 Å². The van der Waals surface area contributed by atoms with Crippen LogP contribution >= 0.6 is 0 Å². The van der Waals surface area contributed by atoms with E-state index in [-0.39, 0.29) is 0 Å². The molecule has 0 fully saturated rings. The van der Waals surface area contributed by atoms with Crippen molar-refractivity contribution in [1.82, 2.24) is 0 Å². The molecule has 1 nitrogen and oxygen atoms in total. The molecule has 22 heavy (non-hydrogen) atoms. The molecular formula is C20H28OSi. The van der Waals surface area contributed by atoms with Gasteiger partial charge in [0.25, 0.3) is 0 Å². The normalized spacial score (nSPS) is 24.3. The van der Waals surface area contributed by atoms with Gasteiger partial charge in [-0.25, -0.2) is 0 Å². The van der Waals surface area contributed by atoms with E-state index < -0.39 is 8.07 Å². The molecule has 2 atom stereocenters. The average Bonchev–Trinajstić information content (AvgIpc) is 3.07. The van der Waals surface area contributed by atoms with E-state index in [0.717, 1.165) is 5.75 Å². The van der Waals surface area contributed by atoms with Crippen LogP contribution in [0.2, 0.25) is 18.1 Å². The summed E-state index contributed by atoms with van der Waals surface area (Å²) in [5.41, 5.74) is 3.03. The molecular weight excluding hydrogens is 284 g/mol. The van der Waals surface area contributed by atoms with Gasteiger partial charge in [0.05, 0.1) is 15.2 Å². The Balaban J connectivity index is 2.12. The molecule has 0 saturated heterocycles. The highest BCUT2D eigenvalue weighted by atomic mass is 28.3. The second-order valence-electron chi connectivity index (χ2n) is 8.26. The summed E-state index contributed by atoms with van der Waals surface area (Å²) in [5, 5.41) is 2.18. The van der Waals surface area contributed by atoms with Crippen molar-refractivity contribution in [1.29, 1.82) is 0 Å². The van der Waals surface area contributed by atoms with Gasteiger partial charge in [-0.3, -0.25) is 0 Å². The average molecular weight is 313 g/mol. The standard InChI is InChI=1S/C20H28OSi/c1-20(2,3)22(5,6)19-16-8-7-15(13-16)18(19)14-9-11-17(21-4)12-10-14/h7-12,15-16H,13H2,1-6H3/t15-,16+/m1/s1. The first-order valence-electron chi connectivity index (χ1n) is 8.33. The highest BCUT2D eigenvalue weighted by molar-refractivity contribution is 6.87. The quantitative estimate of drug-likeness (QED) is 0.513. The van der Waals surface area contributed by atoms with Crippen molar-refractivity contribution in [3.05, 3.63) is 47.2 Å². The number of hydrogen-bond donors (Lipinski definition) is 0. The van der Waals surface area contributed by atoms with Crippen molar-refractivity contribution < 1.29 is 4.74 Å². The van der Waals surface area contributed by atoms with E-state index in [2.05, 4.69) is 70.3 Å². The summed E-state index contributed by atoms with van der Waals surface area (Å²) in [5.74, 6) is 2.25. The lowest BCUT2D eigenvalue weighted by Crippen LogP contribution is -2.41. The first kappa shape index (κ1) is 15.6. The largest absolute Gasteiger partial charge is 0.497 e. The Morgan fingerprint density at radius 2 is 1.59 bits per heavy atom. The predicted octanol–water partition coefficient (Wildman–Crippen LogP) is 5.70. The Morgan fingerprint density at radius 3 is 2.14 bits per heavy atom. The van der Waals surface area contributed by atoms with Gasteiger partial charge in [0.15, 0.2) is 0 Å². The third-order valence-electron chi connectivity index (χ3n) is 6.06. The summed E-state index contributed by atoms with van der Waals surface area (Å²) in [6.07, 6.45) is 6.19. The molecule has 0 spiro atoms. The molecule has 2 aliphatic rings. The van der Waals surface area contributed by atoms with Crippen molar-refractivity contribution in [2.24, 2.45) is 11.8 Å². The Hall–Kier alpha value is -1.28. The topological polar surface area (TPSA) is 9.23 Å². The molecule has 0 radical (unpaired) electrons. The molecule has 1 aromatic rings. The molecule has 0 heterocycles. The lowest BCUT2D eigenvalue weighted by Gasteiger charge is -2.41. The van der Waals surface area contributed by atoms with Gasteiger partial charge in [0.1, 0.15) is 5.75 Å². The highest BCUT2D eigenvalue weighted by Crippen LogP contribution is 2.56. The van der Waals surface area contributed by atoms with E-state index in [0.29, 0.717) is 16.9 Å². The number of rotatable bonds is 3. The summed E-state index contributed by atoms with van der Waals surface area (Å²) < 4.78 is 5.32. The number of benzene rings is 1. The lowest BCUT2D eigenvalue weighted by atomic mass is 9.95. The van der Waals surface area contributed by atoms with Gasteiger partial charge >= 0.3 is 0 Å². The molecule has 0 N–H and O–H groups in total. The minimum absolute atomic E-state index is 0.387. The number of methoxy groups -OCH3 is 1. The molecule has 2 heteroatoms. The summed E-state index contributed by atoms with van der Waals surface area (Å²) >= 11 is 0. The van der Waals surface area contributed by atoms with Gasteiger partial charge in [0, 0.05) is 5.92 Å². The predicted molar refractivity (Wildman–Crippen MR) is 97.8 cm³/mol. The Bertz CT molecular complexity index is 629. The highest BCUT2D eigenvalue weighted by Gasteiger charge is 2.48. The minimum Gasteiger partial charge on any atom is -0.497 e. The maximum absolute atomic E-state index is 5.32. The number of allylic oxidation sites excluding steroid dienone is 4. The third-order valence-corrected chi connectivity index (χ3v) is 11.8. The van der Waals surface area contributed by atoms with E-state index >= 15 is 0 Å². The first-order chi connectivity index (χ1) is 10.3. The Labute approximate surface area is 136 Å². The molecule has 0 saturated carbocycles. The zero-order chi connectivity index (χ0) is 16.1. The van der Waals surface area contributed by atoms with Gasteiger partial charge in [-0.1, -0.05) is 63.3 Å². The molecule has 0 unspecified atom stereocenters. The van der Waals surface area contributed by atoms with E-state index in [1.54, 1.807) is 17.9 Å². The third kappa shape index (κ3) is 2.28. The van der Waals surface area contributed by atoms with E-state index in [4.69, 9.17) is 4.74 Å². The molecule has 3 rings (SSSR count). The van der Waals surface area contributed by atoms with Gasteiger partial charge < -0.3 is 4.74 Å². The van der Waals surface area contributed by atoms with Crippen LogP contribution in [-0.2, 0) is 0 Å². The molecule has 0 aromatic heterocycles. The summed E-state index contributed by atoms with van der Waals surface area (Å²) in [7, 11) is 0.236. The Morgan fingerprint density at radius 1 is 1.00 bits per heavy atom. The molecule has 2 bridgehead atoms. The van der Waals surface area contributed by atoms with Crippen LogP contribution in [0.1, 0.15) is 32.8 Å². The van der Waals surface area contributed by atoms with Crippen LogP contribution in [0.25, 0.3) is 5.57 Å². The van der Waals surface area contributed by atoms with Crippen LogP contribution < -0.4 is 4.74 Å². The molecule has 0 aliphatic heterocycles. The van der Waals surface area contributed by atoms with Crippen LogP contribution in [0.3, 0.4) is 0 Å². The molecule has 118 valence electrons. The first-order valence-corrected chi connectivity index (χ1v) is 11.3. The molecule has 0 amide bonds. The summed E-state index contributed by atoms with van der Waals surface area (Å²) in [4.78, 5) is 0. The lowest BCUT2D eigenvalue weighted by molar-refractivity contribution is 0.415. The van der Waals surface area contributed by atoms with Crippen molar-refractivity contribution in [3.63, 3.8) is 0 Å². The maximum Gasteiger partial charge on any atom is 0.118 e. The van der Waals surface area contributed by atoms with Crippen molar-refractivity contribution in [3.8, 4) is 5.75 Å². The number of hydrogen-bond acceptors (Lipinski definition) is 1. The van der Waals surface area contributed by atoms with E-state index in [1.165, 1.54) is 12.0 Å². The van der Waals surface area contributed by atoms with E-state index in [9.17, 15) is 0 Å². The van der Waals surface area contributed by atoms with Crippen LogP contribution in [0.4, 0.5) is 0 Å². The van der Waals surface area contributed by atoms with Crippen molar-refractivity contribution in [2.45, 2.75) is 45.3 Å². The zero-order valence-corrected chi connectivity index (χ0v) is 15.7. The summed E-state index contributed by atoms with van der Waals surface area (Å²) in [6, 6.07) is 8.69. The fraction of sp³-hybridized carbons (Fsp3) is 0.500. The smallest absolute Gasteiger partial charge is 0.118 e. The SMILES string of the molecule is COc1ccc(C2=C([Si](C)(C)C(C)(C)C)[C@H]3C=C[C@@H]2C3)cc1. The number of fused-ring (bicyclic) bond motifs is 2. The van der Waals surface area contributed by atoms with Crippen molar-refractivity contribution >= 4 is 13.6 Å². The van der Waals surface area contributed by atoms with Gasteiger partial charge in [-0.2, -0.15) is 0 Å². The fourth-order valence-corrected chi connectivity index (χ4v) is 6.82. The Kier molecular flexibility index (Phi) is 3.63. The number of ether oxygens (including phenoxy) is 1. The molecule has 2 aliphatic carbocycles. The fourth-order valence-electron chi connectivity index (χ4n) is 3.87. The maximum atomic E-state index is 5.32. The zero-order valence-electron chi connectivity index (χ0n) is 14.7. The molecule has 1 aromatic carbocycles. The van der Waals surface area contributed by atoms with Crippen LogP contribution in [0.5, 0.6) is 5.75 Å². The van der Waals surface area contributed by atoms with Gasteiger partial charge in [0.2, 0.25) is 0 Å². The monoisotopic (exact) mass is 312 g/mol. The summed E-state index contributed by atoms with van der Waals surface area (Å²) in [6.45, 7) is 12.4. The second-order valence-corrected chi connectivity index (χ2v) is 13.6.